The summed E-state index contributed by atoms with van der Waals surface area (Å²) in [6.07, 6.45) is 6.44. The molecule has 20 heavy (non-hydrogen) atoms. The van der Waals surface area contributed by atoms with E-state index in [1.54, 1.807) is 0 Å². The van der Waals surface area contributed by atoms with Gasteiger partial charge in [0.2, 0.25) is 0 Å². The topological polar surface area (TPSA) is 72.2 Å². The van der Waals surface area contributed by atoms with Gasteiger partial charge in [0.1, 0.15) is 5.82 Å². The van der Waals surface area contributed by atoms with E-state index >= 15 is 0 Å². The standard InChI is InChI=1S/C14H22N2O3S/c17-9-11-3-4-16-8-13(15-14(16)7-11)6-12-2-1-5-20(18,19)10-12/h8,11-12,17H,1-7,9-10H2. The summed E-state index contributed by atoms with van der Waals surface area (Å²) in [5.41, 5.74) is 1.01. The summed E-state index contributed by atoms with van der Waals surface area (Å²) in [7, 11) is -2.83. The number of hydrogen-bond donors (Lipinski definition) is 1. The number of aryl methyl sites for hydroxylation is 1. The van der Waals surface area contributed by atoms with Gasteiger partial charge in [0, 0.05) is 25.8 Å². The average molecular weight is 298 g/mol. The second kappa shape index (κ2) is 5.48. The van der Waals surface area contributed by atoms with Crippen LogP contribution in [0.5, 0.6) is 0 Å². The SMILES string of the molecule is O=S1(=O)CCCC(Cc2cn3c(n2)CC(CO)CC3)C1. The van der Waals surface area contributed by atoms with Gasteiger partial charge in [-0.2, -0.15) is 0 Å². The number of hydrogen-bond acceptors (Lipinski definition) is 4. The van der Waals surface area contributed by atoms with Crippen molar-refractivity contribution in [3.8, 4) is 0 Å². The maximum atomic E-state index is 11.7. The van der Waals surface area contributed by atoms with E-state index in [2.05, 4.69) is 15.7 Å². The van der Waals surface area contributed by atoms with Gasteiger partial charge in [-0.3, -0.25) is 0 Å². The number of imidazole rings is 1. The third kappa shape index (κ3) is 3.06. The van der Waals surface area contributed by atoms with Gasteiger partial charge in [-0.05, 0) is 37.5 Å². The highest BCUT2D eigenvalue weighted by Gasteiger charge is 2.26. The van der Waals surface area contributed by atoms with Crippen molar-refractivity contribution < 1.29 is 13.5 Å². The first kappa shape index (κ1) is 14.1. The quantitative estimate of drug-likeness (QED) is 0.896. The maximum Gasteiger partial charge on any atom is 0.150 e. The van der Waals surface area contributed by atoms with Crippen LogP contribution in [0.1, 0.15) is 30.8 Å². The Hall–Kier alpha value is -0.880. The Labute approximate surface area is 119 Å². The molecule has 6 heteroatoms. The van der Waals surface area contributed by atoms with E-state index in [-0.39, 0.29) is 12.5 Å². The normalized spacial score (nSPS) is 29.1. The van der Waals surface area contributed by atoms with E-state index in [4.69, 9.17) is 0 Å². The first-order chi connectivity index (χ1) is 9.55. The van der Waals surface area contributed by atoms with Crippen LogP contribution in [0.15, 0.2) is 6.20 Å². The smallest absolute Gasteiger partial charge is 0.150 e. The van der Waals surface area contributed by atoms with Gasteiger partial charge in [-0.25, -0.2) is 13.4 Å². The summed E-state index contributed by atoms with van der Waals surface area (Å²) in [5, 5.41) is 9.24. The molecule has 1 saturated heterocycles. The first-order valence-corrected chi connectivity index (χ1v) is 9.24. The molecule has 0 aliphatic carbocycles. The Morgan fingerprint density at radius 1 is 1.35 bits per heavy atom. The molecule has 1 aromatic heterocycles. The summed E-state index contributed by atoms with van der Waals surface area (Å²) < 4.78 is 25.5. The van der Waals surface area contributed by atoms with Crippen LogP contribution in [0.3, 0.4) is 0 Å². The fourth-order valence-corrected chi connectivity index (χ4v) is 5.16. The van der Waals surface area contributed by atoms with Gasteiger partial charge < -0.3 is 9.67 Å². The van der Waals surface area contributed by atoms with E-state index in [1.165, 1.54) is 0 Å². The van der Waals surface area contributed by atoms with Crippen LogP contribution in [-0.2, 0) is 29.2 Å². The van der Waals surface area contributed by atoms with Crippen molar-refractivity contribution in [3.63, 3.8) is 0 Å². The van der Waals surface area contributed by atoms with Crippen molar-refractivity contribution in [1.29, 1.82) is 0 Å². The monoisotopic (exact) mass is 298 g/mol. The van der Waals surface area contributed by atoms with Crippen LogP contribution in [-0.4, -0.2) is 41.2 Å². The number of sulfone groups is 1. The van der Waals surface area contributed by atoms with Crippen molar-refractivity contribution in [2.75, 3.05) is 18.1 Å². The lowest BCUT2D eigenvalue weighted by atomic mass is 9.99. The highest BCUT2D eigenvalue weighted by molar-refractivity contribution is 7.91. The van der Waals surface area contributed by atoms with E-state index in [9.17, 15) is 13.5 Å². The molecule has 0 amide bonds. The second-order valence-corrected chi connectivity index (χ2v) is 8.44. The minimum Gasteiger partial charge on any atom is -0.396 e. The molecule has 2 aliphatic rings. The highest BCUT2D eigenvalue weighted by Crippen LogP contribution is 2.24. The lowest BCUT2D eigenvalue weighted by Crippen LogP contribution is -2.26. The molecule has 0 saturated carbocycles. The molecule has 0 radical (unpaired) electrons. The molecule has 2 aliphatic heterocycles. The van der Waals surface area contributed by atoms with E-state index in [0.29, 0.717) is 17.4 Å². The zero-order valence-electron chi connectivity index (χ0n) is 11.7. The summed E-state index contributed by atoms with van der Waals surface area (Å²) in [6, 6.07) is 0. The van der Waals surface area contributed by atoms with Gasteiger partial charge in [-0.1, -0.05) is 0 Å². The Morgan fingerprint density at radius 2 is 2.20 bits per heavy atom. The van der Waals surface area contributed by atoms with Crippen LogP contribution < -0.4 is 0 Å². The third-order valence-corrected chi connectivity index (χ3v) is 6.36. The zero-order valence-corrected chi connectivity index (χ0v) is 12.5. The number of aliphatic hydroxyl groups is 1. The highest BCUT2D eigenvalue weighted by atomic mass is 32.2. The third-order valence-electron chi connectivity index (χ3n) is 4.47. The number of rotatable bonds is 3. The van der Waals surface area contributed by atoms with Crippen LogP contribution in [0.25, 0.3) is 0 Å². The van der Waals surface area contributed by atoms with Crippen molar-refractivity contribution in [1.82, 2.24) is 9.55 Å². The molecule has 0 spiro atoms. The van der Waals surface area contributed by atoms with Gasteiger partial charge in [-0.15, -0.1) is 0 Å². The molecule has 5 nitrogen and oxygen atoms in total. The van der Waals surface area contributed by atoms with E-state index in [1.807, 2.05) is 0 Å². The lowest BCUT2D eigenvalue weighted by molar-refractivity contribution is 0.199. The molecular formula is C14H22N2O3S. The molecule has 112 valence electrons. The molecule has 1 N–H and O–H groups in total. The van der Waals surface area contributed by atoms with Gasteiger partial charge >= 0.3 is 0 Å². The number of fused-ring (bicyclic) bond motifs is 1. The average Bonchev–Trinajstić information content (AvgIpc) is 2.78. The number of aliphatic hydroxyl groups excluding tert-OH is 1. The van der Waals surface area contributed by atoms with Crippen molar-refractivity contribution >= 4 is 9.84 Å². The minimum atomic E-state index is -2.83. The molecule has 0 aromatic carbocycles. The molecule has 3 rings (SSSR count). The second-order valence-electron chi connectivity index (χ2n) is 6.21. The molecule has 0 bridgehead atoms. The number of nitrogens with zero attached hydrogens (tertiary/aromatic N) is 2. The predicted molar refractivity (Wildman–Crippen MR) is 76.2 cm³/mol. The van der Waals surface area contributed by atoms with Crippen LogP contribution in [0.4, 0.5) is 0 Å². The fourth-order valence-electron chi connectivity index (χ4n) is 3.38. The number of aromatic nitrogens is 2. The molecule has 3 heterocycles. The Kier molecular flexibility index (Phi) is 3.86. The van der Waals surface area contributed by atoms with Gasteiger partial charge in [0.05, 0.1) is 17.2 Å². The minimum absolute atomic E-state index is 0.222. The van der Waals surface area contributed by atoms with Crippen LogP contribution >= 0.6 is 0 Å². The Morgan fingerprint density at radius 3 is 2.95 bits per heavy atom. The van der Waals surface area contributed by atoms with Crippen LogP contribution in [0.2, 0.25) is 0 Å². The lowest BCUT2D eigenvalue weighted by Gasteiger charge is -2.20. The molecule has 2 atom stereocenters. The van der Waals surface area contributed by atoms with Crippen molar-refractivity contribution in [2.24, 2.45) is 11.8 Å². The molecule has 1 fully saturated rings. The van der Waals surface area contributed by atoms with E-state index in [0.717, 1.165) is 50.2 Å². The van der Waals surface area contributed by atoms with E-state index < -0.39 is 9.84 Å². The van der Waals surface area contributed by atoms with Crippen molar-refractivity contribution in [3.05, 3.63) is 17.7 Å². The Balaban J connectivity index is 1.68. The first-order valence-electron chi connectivity index (χ1n) is 7.42. The predicted octanol–water partition coefficient (Wildman–Crippen LogP) is 0.805. The molecule has 1 aromatic rings. The van der Waals surface area contributed by atoms with Crippen LogP contribution in [0, 0.1) is 11.8 Å². The van der Waals surface area contributed by atoms with Gasteiger partial charge in [0.25, 0.3) is 0 Å². The van der Waals surface area contributed by atoms with Gasteiger partial charge in [0.15, 0.2) is 9.84 Å². The zero-order chi connectivity index (χ0) is 14.2. The Bertz CT molecular complexity index is 579. The summed E-state index contributed by atoms with van der Waals surface area (Å²) >= 11 is 0. The summed E-state index contributed by atoms with van der Waals surface area (Å²) in [6.45, 7) is 1.14. The fraction of sp³-hybridized carbons (Fsp3) is 0.786. The largest absolute Gasteiger partial charge is 0.396 e. The summed E-state index contributed by atoms with van der Waals surface area (Å²) in [4.78, 5) is 4.65. The molecular weight excluding hydrogens is 276 g/mol. The van der Waals surface area contributed by atoms with Crippen molar-refractivity contribution in [2.45, 2.75) is 38.6 Å². The summed E-state index contributed by atoms with van der Waals surface area (Å²) in [5.74, 6) is 2.26. The maximum absolute atomic E-state index is 11.7. The molecule has 2 unspecified atom stereocenters.